The van der Waals surface area contributed by atoms with Crippen molar-refractivity contribution in [1.82, 2.24) is 9.03 Å². The average Bonchev–Trinajstić information content (AvgIpc) is 2.28. The second kappa shape index (κ2) is 7.04. The molecular formula is C10H21BrN2O3S. The first-order chi connectivity index (χ1) is 8.01. The number of alkyl halides is 1. The van der Waals surface area contributed by atoms with Crippen molar-refractivity contribution in [2.24, 2.45) is 0 Å². The molecule has 7 heteroatoms. The third-order valence-electron chi connectivity index (χ3n) is 2.92. The minimum absolute atomic E-state index is 0.0831. The Balaban J connectivity index is 2.65. The Bertz CT molecular complexity index is 324. The number of nitrogens with one attached hydrogen (secondary N) is 1. The Morgan fingerprint density at radius 3 is 2.76 bits per heavy atom. The maximum Gasteiger partial charge on any atom is 0.280 e. The van der Waals surface area contributed by atoms with Gasteiger partial charge in [0.2, 0.25) is 0 Å². The van der Waals surface area contributed by atoms with Gasteiger partial charge in [-0.05, 0) is 19.8 Å². The van der Waals surface area contributed by atoms with Gasteiger partial charge in [0.25, 0.3) is 10.2 Å². The van der Waals surface area contributed by atoms with E-state index >= 15 is 0 Å². The lowest BCUT2D eigenvalue weighted by atomic mass is 10.1. The van der Waals surface area contributed by atoms with E-state index < -0.39 is 10.2 Å². The Kier molecular flexibility index (Phi) is 6.36. The van der Waals surface area contributed by atoms with Crippen molar-refractivity contribution in [3.8, 4) is 0 Å². The molecule has 0 aromatic carbocycles. The van der Waals surface area contributed by atoms with Gasteiger partial charge >= 0.3 is 0 Å². The standard InChI is InChI=1S/C10H21BrN2O3S/c1-9-5-3-4-6-13(9)17(14,15)12-10(7-11)8-16-2/h9-10,12H,3-8H2,1-2H3. The van der Waals surface area contributed by atoms with Gasteiger partial charge in [-0.3, -0.25) is 0 Å². The van der Waals surface area contributed by atoms with Crippen LogP contribution in [0.4, 0.5) is 0 Å². The van der Waals surface area contributed by atoms with E-state index in [9.17, 15) is 8.42 Å². The summed E-state index contributed by atoms with van der Waals surface area (Å²) in [6, 6.07) is -0.140. The molecule has 0 saturated carbocycles. The topological polar surface area (TPSA) is 58.6 Å². The molecule has 0 bridgehead atoms. The molecule has 1 aliphatic rings. The molecule has 0 aromatic heterocycles. The Hall–Kier alpha value is 0.310. The smallest absolute Gasteiger partial charge is 0.280 e. The van der Waals surface area contributed by atoms with Crippen molar-refractivity contribution in [3.05, 3.63) is 0 Å². The fraction of sp³-hybridized carbons (Fsp3) is 1.00. The molecule has 0 spiro atoms. The first-order valence-corrected chi connectivity index (χ1v) is 8.41. The number of methoxy groups -OCH3 is 1. The Morgan fingerprint density at radius 1 is 1.53 bits per heavy atom. The van der Waals surface area contributed by atoms with Gasteiger partial charge in [-0.15, -0.1) is 0 Å². The van der Waals surface area contributed by atoms with Gasteiger partial charge in [-0.1, -0.05) is 22.4 Å². The fourth-order valence-corrected chi connectivity index (χ4v) is 4.24. The van der Waals surface area contributed by atoms with E-state index in [0.29, 0.717) is 18.5 Å². The zero-order chi connectivity index (χ0) is 12.9. The van der Waals surface area contributed by atoms with Crippen LogP contribution in [-0.4, -0.2) is 50.4 Å². The van der Waals surface area contributed by atoms with Crippen molar-refractivity contribution in [2.45, 2.75) is 38.3 Å². The summed E-state index contributed by atoms with van der Waals surface area (Å²) in [5.41, 5.74) is 0. The van der Waals surface area contributed by atoms with Crippen LogP contribution in [-0.2, 0) is 14.9 Å². The Labute approximate surface area is 112 Å². The number of hydrogen-bond acceptors (Lipinski definition) is 3. The molecule has 0 radical (unpaired) electrons. The molecule has 17 heavy (non-hydrogen) atoms. The summed E-state index contributed by atoms with van der Waals surface area (Å²) in [6.45, 7) is 2.93. The van der Waals surface area contributed by atoms with Gasteiger partial charge in [-0.2, -0.15) is 17.4 Å². The van der Waals surface area contributed by atoms with Crippen LogP contribution in [0.3, 0.4) is 0 Å². The van der Waals surface area contributed by atoms with Gasteiger partial charge in [0.05, 0.1) is 12.6 Å². The fourth-order valence-electron chi connectivity index (χ4n) is 2.02. The molecule has 1 saturated heterocycles. The second-order valence-corrected chi connectivity index (χ2v) is 6.69. The highest BCUT2D eigenvalue weighted by Crippen LogP contribution is 2.19. The van der Waals surface area contributed by atoms with Crippen LogP contribution >= 0.6 is 15.9 Å². The zero-order valence-electron chi connectivity index (χ0n) is 10.4. The molecule has 1 N–H and O–H groups in total. The van der Waals surface area contributed by atoms with E-state index in [1.165, 1.54) is 0 Å². The average molecular weight is 329 g/mol. The molecule has 1 rings (SSSR count). The van der Waals surface area contributed by atoms with Gasteiger partial charge in [0.1, 0.15) is 0 Å². The van der Waals surface area contributed by atoms with Crippen molar-refractivity contribution >= 4 is 26.1 Å². The van der Waals surface area contributed by atoms with Crippen molar-refractivity contribution in [3.63, 3.8) is 0 Å². The van der Waals surface area contributed by atoms with Crippen LogP contribution < -0.4 is 4.72 Å². The SMILES string of the molecule is COCC(CBr)NS(=O)(=O)N1CCCCC1C. The molecule has 0 aromatic rings. The molecule has 0 aliphatic carbocycles. The summed E-state index contributed by atoms with van der Waals surface area (Å²) < 4.78 is 33.6. The minimum Gasteiger partial charge on any atom is -0.383 e. The minimum atomic E-state index is -3.39. The highest BCUT2D eigenvalue weighted by Gasteiger charge is 2.30. The van der Waals surface area contributed by atoms with Gasteiger partial charge in [-0.25, -0.2) is 0 Å². The van der Waals surface area contributed by atoms with E-state index in [1.54, 1.807) is 11.4 Å². The molecule has 1 fully saturated rings. The summed E-state index contributed by atoms with van der Waals surface area (Å²) >= 11 is 3.28. The lowest BCUT2D eigenvalue weighted by molar-refractivity contribution is 0.179. The zero-order valence-corrected chi connectivity index (χ0v) is 12.8. The second-order valence-electron chi connectivity index (χ2n) is 4.38. The van der Waals surface area contributed by atoms with Crippen LogP contribution in [0, 0.1) is 0 Å². The van der Waals surface area contributed by atoms with Crippen LogP contribution in [0.5, 0.6) is 0 Å². The van der Waals surface area contributed by atoms with Gasteiger partial charge < -0.3 is 4.74 Å². The number of nitrogens with zero attached hydrogens (tertiary/aromatic N) is 1. The maximum absolute atomic E-state index is 12.2. The summed E-state index contributed by atoms with van der Waals surface area (Å²) in [7, 11) is -1.83. The van der Waals surface area contributed by atoms with E-state index in [2.05, 4.69) is 20.7 Å². The number of ether oxygens (including phenoxy) is 1. The summed E-state index contributed by atoms with van der Waals surface area (Å²) in [5, 5.41) is 0.544. The Morgan fingerprint density at radius 2 is 2.24 bits per heavy atom. The predicted octanol–water partition coefficient (Wildman–Crippen LogP) is 1.11. The van der Waals surface area contributed by atoms with E-state index in [4.69, 9.17) is 4.74 Å². The first kappa shape index (κ1) is 15.4. The third kappa shape index (κ3) is 4.48. The van der Waals surface area contributed by atoms with Crippen molar-refractivity contribution in [2.75, 3.05) is 25.6 Å². The molecule has 1 aliphatic heterocycles. The van der Waals surface area contributed by atoms with Crippen LogP contribution in [0.1, 0.15) is 26.2 Å². The first-order valence-electron chi connectivity index (χ1n) is 5.85. The summed E-state index contributed by atoms with van der Waals surface area (Å²) in [6.07, 6.45) is 2.98. The lowest BCUT2D eigenvalue weighted by Crippen LogP contribution is -2.52. The van der Waals surface area contributed by atoms with E-state index in [1.807, 2.05) is 6.92 Å². The van der Waals surface area contributed by atoms with Crippen LogP contribution in [0.2, 0.25) is 0 Å². The van der Waals surface area contributed by atoms with Crippen molar-refractivity contribution in [1.29, 1.82) is 0 Å². The molecule has 5 nitrogen and oxygen atoms in total. The summed E-state index contributed by atoms with van der Waals surface area (Å²) in [5.74, 6) is 0. The molecule has 1 heterocycles. The third-order valence-corrected chi connectivity index (χ3v) is 5.49. The molecule has 2 unspecified atom stereocenters. The van der Waals surface area contributed by atoms with Gasteiger partial charge in [0, 0.05) is 25.0 Å². The number of hydrogen-bond donors (Lipinski definition) is 1. The molecule has 2 atom stereocenters. The monoisotopic (exact) mass is 328 g/mol. The largest absolute Gasteiger partial charge is 0.383 e. The van der Waals surface area contributed by atoms with E-state index in [0.717, 1.165) is 19.3 Å². The summed E-state index contributed by atoms with van der Waals surface area (Å²) in [4.78, 5) is 0. The lowest BCUT2D eigenvalue weighted by Gasteiger charge is -2.33. The van der Waals surface area contributed by atoms with Crippen molar-refractivity contribution < 1.29 is 13.2 Å². The number of rotatable bonds is 6. The highest BCUT2D eigenvalue weighted by molar-refractivity contribution is 9.09. The number of halogens is 1. The van der Waals surface area contributed by atoms with Crippen LogP contribution in [0.25, 0.3) is 0 Å². The highest BCUT2D eigenvalue weighted by atomic mass is 79.9. The molecular weight excluding hydrogens is 308 g/mol. The quantitative estimate of drug-likeness (QED) is 0.743. The van der Waals surface area contributed by atoms with Gasteiger partial charge in [0.15, 0.2) is 0 Å². The molecule has 0 amide bonds. The number of piperidine rings is 1. The van der Waals surface area contributed by atoms with Crippen LogP contribution in [0.15, 0.2) is 0 Å². The predicted molar refractivity (Wildman–Crippen MR) is 71.5 cm³/mol. The maximum atomic E-state index is 12.2. The normalized spacial score (nSPS) is 24.8. The van der Waals surface area contributed by atoms with E-state index in [-0.39, 0.29) is 12.1 Å². The molecule has 102 valence electrons.